The second-order valence-electron chi connectivity index (χ2n) is 2.24. The Kier molecular flexibility index (Phi) is 6.87. The summed E-state index contributed by atoms with van der Waals surface area (Å²) in [6, 6.07) is 7.87. The van der Waals surface area contributed by atoms with Crippen LogP contribution in [0, 0.1) is 6.92 Å². The molecule has 0 aliphatic heterocycles. The van der Waals surface area contributed by atoms with Crippen LogP contribution in [0.25, 0.3) is 0 Å². The van der Waals surface area contributed by atoms with E-state index in [0.29, 0.717) is 17.9 Å². The maximum Gasteiger partial charge on any atom is 0.0501 e. The Labute approximate surface area is 78.5 Å². The molecule has 0 fully saturated rings. The fourth-order valence-corrected chi connectivity index (χ4v) is 1.17. The van der Waals surface area contributed by atoms with Crippen LogP contribution in [0.4, 0.5) is 3.89 Å². The monoisotopic (exact) mass is 186 g/mol. The van der Waals surface area contributed by atoms with Crippen LogP contribution < -0.4 is 0 Å². The molecule has 0 spiro atoms. The molecule has 2 heteroatoms. The Morgan fingerprint density at radius 1 is 1.33 bits per heavy atom. The number of benzene rings is 1. The third-order valence-corrected chi connectivity index (χ3v) is 1.75. The normalized spacial score (nSPS) is 8.67. The van der Waals surface area contributed by atoms with Gasteiger partial charge in [0.15, 0.2) is 0 Å². The fraction of sp³-hybridized carbons (Fsp3) is 0.400. The van der Waals surface area contributed by atoms with Crippen LogP contribution in [-0.2, 0) is 5.75 Å². The topological polar surface area (TPSA) is 0 Å². The second-order valence-corrected chi connectivity index (χ2v) is 2.75. The number of hydrogen-bond acceptors (Lipinski definition) is 1. The highest BCUT2D eigenvalue weighted by molar-refractivity contribution is 7.93. The zero-order chi connectivity index (χ0) is 9.40. The Morgan fingerprint density at radius 3 is 2.50 bits per heavy atom. The lowest BCUT2D eigenvalue weighted by Gasteiger charge is -1.96. The molecule has 0 nitrogen and oxygen atoms in total. The van der Waals surface area contributed by atoms with Crippen LogP contribution in [0.1, 0.15) is 25.0 Å². The van der Waals surface area contributed by atoms with Crippen LogP contribution in [-0.4, -0.2) is 0 Å². The molecule has 1 aromatic rings. The van der Waals surface area contributed by atoms with Crippen molar-refractivity contribution in [1.82, 2.24) is 0 Å². The number of halogens is 1. The summed E-state index contributed by atoms with van der Waals surface area (Å²) in [6.07, 6.45) is 0. The third kappa shape index (κ3) is 4.39. The Morgan fingerprint density at radius 2 is 2.00 bits per heavy atom. The van der Waals surface area contributed by atoms with Gasteiger partial charge in [-0.05, 0) is 12.5 Å². The third-order valence-electron chi connectivity index (χ3n) is 1.30. The molecule has 0 aromatic heterocycles. The van der Waals surface area contributed by atoms with Crippen molar-refractivity contribution in [2.24, 2.45) is 0 Å². The average Bonchev–Trinajstić information content (AvgIpc) is 2.09. The first-order chi connectivity index (χ1) is 5.83. The van der Waals surface area contributed by atoms with Gasteiger partial charge in [0.2, 0.25) is 0 Å². The van der Waals surface area contributed by atoms with Crippen molar-refractivity contribution in [2.75, 3.05) is 0 Å². The second kappa shape index (κ2) is 7.17. The van der Waals surface area contributed by atoms with Gasteiger partial charge in [-0.3, -0.25) is 0 Å². The molecule has 68 valence electrons. The zero-order valence-electron chi connectivity index (χ0n) is 7.80. The molecule has 0 saturated carbocycles. The molecule has 0 N–H and O–H groups in total. The largest absolute Gasteiger partial charge is 0.165 e. The zero-order valence-corrected chi connectivity index (χ0v) is 8.62. The molecule has 1 aromatic carbocycles. The van der Waals surface area contributed by atoms with Gasteiger partial charge in [0.05, 0.1) is 5.75 Å². The Balaban J connectivity index is 0.000000561. The maximum absolute atomic E-state index is 11.7. The molecule has 0 unspecified atom stereocenters. The minimum absolute atomic E-state index is 0.363. The van der Waals surface area contributed by atoms with E-state index in [-0.39, 0.29) is 0 Å². The minimum atomic E-state index is 0.363. The molecule has 0 saturated heterocycles. The van der Waals surface area contributed by atoms with Crippen LogP contribution in [0.15, 0.2) is 24.3 Å². The van der Waals surface area contributed by atoms with E-state index < -0.39 is 0 Å². The van der Waals surface area contributed by atoms with Crippen LogP contribution in [0.2, 0.25) is 0 Å². The van der Waals surface area contributed by atoms with Crippen molar-refractivity contribution in [2.45, 2.75) is 26.5 Å². The van der Waals surface area contributed by atoms with Gasteiger partial charge in [0.1, 0.15) is 0 Å². The van der Waals surface area contributed by atoms with Gasteiger partial charge in [-0.15, -0.1) is 0 Å². The van der Waals surface area contributed by atoms with E-state index in [1.54, 1.807) is 0 Å². The first kappa shape index (κ1) is 11.5. The molecular formula is C10H15FS. The van der Waals surface area contributed by atoms with Gasteiger partial charge in [-0.2, -0.15) is 3.89 Å². The smallest absolute Gasteiger partial charge is 0.0501 e. The summed E-state index contributed by atoms with van der Waals surface area (Å²) in [5.74, 6) is 0.460. The highest BCUT2D eigenvalue weighted by Gasteiger charge is 1.91. The SMILES string of the molecule is CC.Cc1cccc(CSF)c1. The van der Waals surface area contributed by atoms with Crippen molar-refractivity contribution in [1.29, 1.82) is 0 Å². The van der Waals surface area contributed by atoms with Crippen molar-refractivity contribution < 1.29 is 3.89 Å². The van der Waals surface area contributed by atoms with Gasteiger partial charge in [-0.25, -0.2) is 0 Å². The summed E-state index contributed by atoms with van der Waals surface area (Å²) >= 11 is 0.363. The van der Waals surface area contributed by atoms with E-state index in [1.165, 1.54) is 5.56 Å². The average molecular weight is 186 g/mol. The lowest BCUT2D eigenvalue weighted by atomic mass is 10.2. The molecule has 0 aliphatic rings. The van der Waals surface area contributed by atoms with Gasteiger partial charge < -0.3 is 0 Å². The predicted octanol–water partition coefficient (Wildman–Crippen LogP) is 4.14. The van der Waals surface area contributed by atoms with E-state index in [9.17, 15) is 3.89 Å². The lowest BCUT2D eigenvalue weighted by Crippen LogP contribution is -1.78. The van der Waals surface area contributed by atoms with Gasteiger partial charge in [-0.1, -0.05) is 43.7 Å². The summed E-state index contributed by atoms with van der Waals surface area (Å²) in [4.78, 5) is 0. The van der Waals surface area contributed by atoms with Gasteiger partial charge in [0, 0.05) is 12.1 Å². The van der Waals surface area contributed by atoms with Crippen molar-refractivity contribution in [3.05, 3.63) is 35.4 Å². The van der Waals surface area contributed by atoms with Gasteiger partial charge in [0.25, 0.3) is 0 Å². The van der Waals surface area contributed by atoms with Crippen LogP contribution in [0.5, 0.6) is 0 Å². The standard InChI is InChI=1S/C8H9FS.C2H6/c1-7-3-2-4-8(5-7)6-10-9;1-2/h2-5H,6H2,1H3;1-2H3. The fourth-order valence-electron chi connectivity index (χ4n) is 0.865. The van der Waals surface area contributed by atoms with Crippen LogP contribution in [0.3, 0.4) is 0 Å². The van der Waals surface area contributed by atoms with Gasteiger partial charge >= 0.3 is 0 Å². The lowest BCUT2D eigenvalue weighted by molar-refractivity contribution is 0.933. The molecule has 0 amide bonds. The summed E-state index contributed by atoms with van der Waals surface area (Å²) in [5.41, 5.74) is 2.24. The first-order valence-electron chi connectivity index (χ1n) is 4.12. The quantitative estimate of drug-likeness (QED) is 0.669. The molecule has 0 bridgehead atoms. The van der Waals surface area contributed by atoms with Crippen molar-refractivity contribution in [3.8, 4) is 0 Å². The Bertz CT molecular complexity index is 211. The van der Waals surface area contributed by atoms with E-state index in [1.807, 2.05) is 45.0 Å². The summed E-state index contributed by atoms with van der Waals surface area (Å²) in [5, 5.41) is 0. The first-order valence-corrected chi connectivity index (χ1v) is 5.00. The molecule has 0 radical (unpaired) electrons. The van der Waals surface area contributed by atoms with Crippen LogP contribution >= 0.6 is 12.1 Å². The number of hydrogen-bond donors (Lipinski definition) is 0. The molecule has 0 atom stereocenters. The highest BCUT2D eigenvalue weighted by atomic mass is 32.2. The molecular weight excluding hydrogens is 171 g/mol. The molecule has 1 rings (SSSR count). The van der Waals surface area contributed by atoms with E-state index in [4.69, 9.17) is 0 Å². The highest BCUT2D eigenvalue weighted by Crippen LogP contribution is 2.13. The molecule has 12 heavy (non-hydrogen) atoms. The summed E-state index contributed by atoms with van der Waals surface area (Å²) < 4.78 is 11.7. The number of aryl methyl sites for hydroxylation is 1. The van der Waals surface area contributed by atoms with Crippen molar-refractivity contribution >= 4 is 12.1 Å². The maximum atomic E-state index is 11.7. The van der Waals surface area contributed by atoms with E-state index in [2.05, 4.69) is 0 Å². The Hall–Kier alpha value is -0.500. The summed E-state index contributed by atoms with van der Waals surface area (Å²) in [7, 11) is 0. The predicted molar refractivity (Wildman–Crippen MR) is 54.9 cm³/mol. The van der Waals surface area contributed by atoms with E-state index in [0.717, 1.165) is 5.56 Å². The minimum Gasteiger partial charge on any atom is -0.165 e. The van der Waals surface area contributed by atoms with E-state index >= 15 is 0 Å². The molecule has 0 aliphatic carbocycles. The van der Waals surface area contributed by atoms with Crippen molar-refractivity contribution in [3.63, 3.8) is 0 Å². The number of rotatable bonds is 2. The molecule has 0 heterocycles. The summed E-state index contributed by atoms with van der Waals surface area (Å²) in [6.45, 7) is 6.01.